The zero-order valence-electron chi connectivity index (χ0n) is 18.1. The van der Waals surface area contributed by atoms with Crippen LogP contribution in [0.25, 0.3) is 21.9 Å². The number of hydrogen-bond donors (Lipinski definition) is 1. The molecular formula is C23H35N5. The number of benzene rings is 1. The molecule has 0 saturated carbocycles. The van der Waals surface area contributed by atoms with Crippen LogP contribution in [-0.2, 0) is 13.0 Å². The zero-order valence-corrected chi connectivity index (χ0v) is 18.1. The van der Waals surface area contributed by atoms with Gasteiger partial charge >= 0.3 is 0 Å². The number of pyridine rings is 1. The van der Waals surface area contributed by atoms with Crippen molar-refractivity contribution in [3.8, 4) is 0 Å². The largest absolute Gasteiger partial charge is 0.382 e. The molecule has 0 radical (unpaired) electrons. The summed E-state index contributed by atoms with van der Waals surface area (Å²) >= 11 is 0. The van der Waals surface area contributed by atoms with E-state index in [0.717, 1.165) is 66.5 Å². The van der Waals surface area contributed by atoms with E-state index < -0.39 is 0 Å². The van der Waals surface area contributed by atoms with Crippen molar-refractivity contribution in [2.45, 2.75) is 71.9 Å². The highest BCUT2D eigenvalue weighted by Gasteiger charge is 2.18. The van der Waals surface area contributed by atoms with Gasteiger partial charge in [0.25, 0.3) is 0 Å². The van der Waals surface area contributed by atoms with Crippen molar-refractivity contribution in [3.63, 3.8) is 0 Å². The Kier molecular flexibility index (Phi) is 6.23. The minimum absolute atomic E-state index is 0.213. The number of nitrogen functional groups attached to an aromatic ring is 1. The van der Waals surface area contributed by atoms with Crippen LogP contribution in [0.1, 0.15) is 59.2 Å². The lowest BCUT2D eigenvalue weighted by Crippen LogP contribution is -2.38. The van der Waals surface area contributed by atoms with Gasteiger partial charge in [-0.1, -0.05) is 31.5 Å². The van der Waals surface area contributed by atoms with Gasteiger partial charge in [0.05, 0.1) is 11.0 Å². The van der Waals surface area contributed by atoms with Crippen molar-refractivity contribution in [2.75, 3.05) is 19.3 Å². The summed E-state index contributed by atoms with van der Waals surface area (Å²) in [5.41, 5.74) is 9.45. The average molecular weight is 382 g/mol. The van der Waals surface area contributed by atoms with Crippen LogP contribution in [0, 0.1) is 0 Å². The Morgan fingerprint density at radius 3 is 2.54 bits per heavy atom. The molecule has 0 unspecified atom stereocenters. The summed E-state index contributed by atoms with van der Waals surface area (Å²) in [6, 6.07) is 8.26. The van der Waals surface area contributed by atoms with Crippen LogP contribution in [0.5, 0.6) is 0 Å². The molecule has 5 nitrogen and oxygen atoms in total. The van der Waals surface area contributed by atoms with E-state index in [1.807, 2.05) is 12.1 Å². The summed E-state index contributed by atoms with van der Waals surface area (Å²) in [6.07, 6.45) is 5.58. The summed E-state index contributed by atoms with van der Waals surface area (Å²) < 4.78 is 2.41. The van der Waals surface area contributed by atoms with E-state index in [4.69, 9.17) is 10.7 Å². The standard InChI is InChI=1S/C23H35N5/c1-6-7-14-19-26-20-21(17-12-8-9-13-18(17)25-22(20)24)28(19)16-11-10-15-27(5)23(2,3)4/h8-9,12-13H,6-7,10-11,14-16H2,1-5H3,(H2,24,25). The fourth-order valence-electron chi connectivity index (χ4n) is 3.63. The number of anilines is 1. The number of para-hydroxylation sites is 1. The topological polar surface area (TPSA) is 60.0 Å². The summed E-state index contributed by atoms with van der Waals surface area (Å²) in [5, 5.41) is 1.15. The molecule has 5 heteroatoms. The number of imidazole rings is 1. The Hall–Kier alpha value is -2.14. The molecule has 0 aliphatic rings. The van der Waals surface area contributed by atoms with E-state index in [-0.39, 0.29) is 5.54 Å². The molecule has 3 aromatic rings. The van der Waals surface area contributed by atoms with Crippen LogP contribution >= 0.6 is 0 Å². The molecule has 0 saturated heterocycles. The van der Waals surface area contributed by atoms with Crippen molar-refractivity contribution in [3.05, 3.63) is 30.1 Å². The molecule has 2 aromatic heterocycles. The van der Waals surface area contributed by atoms with E-state index in [9.17, 15) is 0 Å². The average Bonchev–Trinajstić information content (AvgIpc) is 3.02. The second-order valence-electron chi connectivity index (χ2n) is 8.79. The van der Waals surface area contributed by atoms with Gasteiger partial charge < -0.3 is 15.2 Å². The van der Waals surface area contributed by atoms with Crippen LogP contribution in [0.2, 0.25) is 0 Å². The fraction of sp³-hybridized carbons (Fsp3) is 0.565. The SMILES string of the molecule is CCCCc1nc2c(N)nc3ccccc3c2n1CCCCN(C)C(C)(C)C. The number of nitrogens with two attached hydrogens (primary N) is 1. The first-order chi connectivity index (χ1) is 13.3. The molecule has 1 aromatic carbocycles. The zero-order chi connectivity index (χ0) is 20.3. The Labute approximate surface area is 168 Å². The lowest BCUT2D eigenvalue weighted by atomic mass is 10.1. The lowest BCUT2D eigenvalue weighted by molar-refractivity contribution is 0.172. The monoisotopic (exact) mass is 381 g/mol. The van der Waals surface area contributed by atoms with Gasteiger partial charge in [0.1, 0.15) is 11.3 Å². The quantitative estimate of drug-likeness (QED) is 0.557. The molecule has 2 heterocycles. The van der Waals surface area contributed by atoms with Gasteiger partial charge in [-0.3, -0.25) is 0 Å². The minimum atomic E-state index is 0.213. The van der Waals surface area contributed by atoms with Crippen LogP contribution in [-0.4, -0.2) is 38.6 Å². The maximum atomic E-state index is 6.28. The summed E-state index contributed by atoms with van der Waals surface area (Å²) in [6.45, 7) is 11.1. The molecule has 3 rings (SSSR count). The maximum absolute atomic E-state index is 6.28. The van der Waals surface area contributed by atoms with Gasteiger partial charge in [-0.2, -0.15) is 0 Å². The number of aryl methyl sites for hydroxylation is 2. The second-order valence-corrected chi connectivity index (χ2v) is 8.79. The van der Waals surface area contributed by atoms with Crippen molar-refractivity contribution in [1.82, 2.24) is 19.4 Å². The Morgan fingerprint density at radius 2 is 1.82 bits per heavy atom. The van der Waals surface area contributed by atoms with Crippen molar-refractivity contribution >= 4 is 27.8 Å². The molecule has 0 fully saturated rings. The number of nitrogens with zero attached hydrogens (tertiary/aromatic N) is 4. The van der Waals surface area contributed by atoms with Gasteiger partial charge in [0.2, 0.25) is 0 Å². The van der Waals surface area contributed by atoms with Crippen LogP contribution < -0.4 is 5.73 Å². The molecule has 152 valence electrons. The second kappa shape index (κ2) is 8.48. The van der Waals surface area contributed by atoms with E-state index in [1.165, 1.54) is 6.42 Å². The molecule has 0 amide bonds. The highest BCUT2D eigenvalue weighted by Crippen LogP contribution is 2.29. The summed E-state index contributed by atoms with van der Waals surface area (Å²) in [4.78, 5) is 11.9. The first-order valence-corrected chi connectivity index (χ1v) is 10.6. The van der Waals surface area contributed by atoms with Crippen LogP contribution in [0.15, 0.2) is 24.3 Å². The van der Waals surface area contributed by atoms with Gasteiger partial charge in [-0.15, -0.1) is 0 Å². The molecule has 0 atom stereocenters. The lowest BCUT2D eigenvalue weighted by Gasteiger charge is -2.31. The summed E-state index contributed by atoms with van der Waals surface area (Å²) in [5.74, 6) is 1.68. The molecule has 0 spiro atoms. The van der Waals surface area contributed by atoms with Crippen molar-refractivity contribution in [1.29, 1.82) is 0 Å². The Morgan fingerprint density at radius 1 is 1.07 bits per heavy atom. The molecule has 28 heavy (non-hydrogen) atoms. The predicted molar refractivity (Wildman–Crippen MR) is 120 cm³/mol. The molecule has 0 aliphatic carbocycles. The highest BCUT2D eigenvalue weighted by atomic mass is 15.2. The van der Waals surface area contributed by atoms with Gasteiger partial charge in [-0.05, 0) is 59.7 Å². The third kappa shape index (κ3) is 4.30. The third-order valence-electron chi connectivity index (χ3n) is 5.71. The Bertz CT molecular complexity index is 935. The third-order valence-corrected chi connectivity index (χ3v) is 5.71. The molecule has 0 bridgehead atoms. The number of fused-ring (bicyclic) bond motifs is 3. The number of hydrogen-bond acceptors (Lipinski definition) is 4. The number of unbranched alkanes of at least 4 members (excludes halogenated alkanes) is 2. The van der Waals surface area contributed by atoms with Crippen LogP contribution in [0.3, 0.4) is 0 Å². The molecule has 2 N–H and O–H groups in total. The molecular weight excluding hydrogens is 346 g/mol. The summed E-state index contributed by atoms with van der Waals surface area (Å²) in [7, 11) is 2.21. The number of rotatable bonds is 8. The fourth-order valence-corrected chi connectivity index (χ4v) is 3.63. The smallest absolute Gasteiger partial charge is 0.152 e. The van der Waals surface area contributed by atoms with E-state index in [0.29, 0.717) is 5.82 Å². The van der Waals surface area contributed by atoms with Crippen molar-refractivity contribution in [2.24, 2.45) is 0 Å². The van der Waals surface area contributed by atoms with Gasteiger partial charge in [0.15, 0.2) is 5.82 Å². The maximum Gasteiger partial charge on any atom is 0.152 e. The Balaban J connectivity index is 1.92. The molecule has 0 aliphatic heterocycles. The van der Waals surface area contributed by atoms with Crippen molar-refractivity contribution < 1.29 is 0 Å². The van der Waals surface area contributed by atoms with E-state index in [2.05, 4.69) is 61.3 Å². The van der Waals surface area contributed by atoms with E-state index >= 15 is 0 Å². The van der Waals surface area contributed by atoms with E-state index in [1.54, 1.807) is 0 Å². The van der Waals surface area contributed by atoms with Gasteiger partial charge in [-0.25, -0.2) is 9.97 Å². The number of aromatic nitrogens is 3. The van der Waals surface area contributed by atoms with Gasteiger partial charge in [0, 0.05) is 23.9 Å². The predicted octanol–water partition coefficient (Wildman–Crippen LogP) is 5.02. The first-order valence-electron chi connectivity index (χ1n) is 10.6. The normalized spacial score (nSPS) is 12.5. The van der Waals surface area contributed by atoms with Crippen LogP contribution in [0.4, 0.5) is 5.82 Å². The first kappa shape index (κ1) is 20.6. The minimum Gasteiger partial charge on any atom is -0.382 e. The highest BCUT2D eigenvalue weighted by molar-refractivity contribution is 6.06.